The van der Waals surface area contributed by atoms with Gasteiger partial charge in [0.15, 0.2) is 6.10 Å². The monoisotopic (exact) mass is 263 g/mol. The van der Waals surface area contributed by atoms with Crippen LogP contribution in [0.25, 0.3) is 0 Å². The molecule has 0 spiro atoms. The van der Waals surface area contributed by atoms with Crippen LogP contribution in [0.4, 0.5) is 0 Å². The molecule has 2 unspecified atom stereocenters. The van der Waals surface area contributed by atoms with E-state index in [1.54, 1.807) is 0 Å². The summed E-state index contributed by atoms with van der Waals surface area (Å²) in [6, 6.07) is 10.3. The molecule has 0 bridgehead atoms. The minimum absolute atomic E-state index is 0.0461. The Morgan fingerprint density at radius 1 is 1.37 bits per heavy atom. The van der Waals surface area contributed by atoms with E-state index in [0.717, 1.165) is 26.1 Å². The molecule has 0 aromatic heterocycles. The predicted octanol–water partition coefficient (Wildman–Crippen LogP) is 2.14. The van der Waals surface area contributed by atoms with Crippen molar-refractivity contribution < 1.29 is 14.6 Å². The highest BCUT2D eigenvalue weighted by molar-refractivity contribution is 5.72. The van der Waals surface area contributed by atoms with E-state index in [1.807, 2.05) is 18.2 Å². The summed E-state index contributed by atoms with van der Waals surface area (Å²) in [5.41, 5.74) is 1.28. The highest BCUT2D eigenvalue weighted by Gasteiger charge is 2.31. The first kappa shape index (κ1) is 14.0. The Labute approximate surface area is 114 Å². The second-order valence-electron chi connectivity index (χ2n) is 4.98. The summed E-state index contributed by atoms with van der Waals surface area (Å²) in [6.07, 6.45) is 0.899. The van der Waals surface area contributed by atoms with Crippen LogP contribution in [0.3, 0.4) is 0 Å². The summed E-state index contributed by atoms with van der Waals surface area (Å²) < 4.78 is 5.55. The number of rotatable bonds is 6. The summed E-state index contributed by atoms with van der Waals surface area (Å²) in [4.78, 5) is 13.2. The third-order valence-corrected chi connectivity index (χ3v) is 3.54. The number of hydrogen-bond acceptors (Lipinski definition) is 3. The van der Waals surface area contributed by atoms with Gasteiger partial charge < -0.3 is 9.84 Å². The Balaban J connectivity index is 1.85. The zero-order chi connectivity index (χ0) is 13.7. The smallest absolute Gasteiger partial charge is 0.332 e. The van der Waals surface area contributed by atoms with E-state index in [9.17, 15) is 4.79 Å². The summed E-state index contributed by atoms with van der Waals surface area (Å²) in [7, 11) is 0. The van der Waals surface area contributed by atoms with Gasteiger partial charge in [0.2, 0.25) is 0 Å². The molecule has 1 heterocycles. The number of carboxylic acids is 1. The van der Waals surface area contributed by atoms with Crippen LogP contribution < -0.4 is 0 Å². The van der Waals surface area contributed by atoms with Crippen molar-refractivity contribution in [3.05, 3.63) is 35.9 Å². The summed E-state index contributed by atoms with van der Waals surface area (Å²) in [5.74, 6) is -0.839. The quantitative estimate of drug-likeness (QED) is 0.854. The minimum atomic E-state index is -0.839. The van der Waals surface area contributed by atoms with E-state index in [0.29, 0.717) is 6.42 Å². The Morgan fingerprint density at radius 2 is 2.11 bits per heavy atom. The highest BCUT2D eigenvalue weighted by Crippen LogP contribution is 2.21. The molecule has 1 aromatic rings. The van der Waals surface area contributed by atoms with Crippen LogP contribution in [-0.4, -0.2) is 41.3 Å². The van der Waals surface area contributed by atoms with Crippen molar-refractivity contribution in [2.24, 2.45) is 0 Å². The zero-order valence-electron chi connectivity index (χ0n) is 11.3. The second-order valence-corrected chi connectivity index (χ2v) is 4.98. The van der Waals surface area contributed by atoms with Crippen molar-refractivity contribution in [3.63, 3.8) is 0 Å². The molecule has 0 saturated carbocycles. The fourth-order valence-electron chi connectivity index (χ4n) is 2.46. The van der Waals surface area contributed by atoms with Gasteiger partial charge in [0, 0.05) is 13.1 Å². The number of carbonyl (C=O) groups is 1. The molecule has 1 aliphatic heterocycles. The number of benzene rings is 1. The van der Waals surface area contributed by atoms with Crippen LogP contribution in [0, 0.1) is 0 Å². The first-order chi connectivity index (χ1) is 9.19. The molecule has 104 valence electrons. The third-order valence-electron chi connectivity index (χ3n) is 3.54. The van der Waals surface area contributed by atoms with Gasteiger partial charge >= 0.3 is 5.97 Å². The average molecular weight is 263 g/mol. The maximum absolute atomic E-state index is 10.9. The van der Waals surface area contributed by atoms with Gasteiger partial charge in [-0.3, -0.25) is 4.90 Å². The molecule has 1 aromatic carbocycles. The Bertz CT molecular complexity index is 407. The molecule has 0 aliphatic carbocycles. The Morgan fingerprint density at radius 3 is 2.68 bits per heavy atom. The van der Waals surface area contributed by atoms with Crippen LogP contribution >= 0.6 is 0 Å². The van der Waals surface area contributed by atoms with Gasteiger partial charge in [0.05, 0.1) is 6.10 Å². The fraction of sp³-hybridized carbons (Fsp3) is 0.533. The van der Waals surface area contributed by atoms with E-state index >= 15 is 0 Å². The van der Waals surface area contributed by atoms with Crippen molar-refractivity contribution in [2.45, 2.75) is 38.5 Å². The maximum atomic E-state index is 10.9. The van der Waals surface area contributed by atoms with E-state index in [1.165, 1.54) is 5.56 Å². The van der Waals surface area contributed by atoms with Gasteiger partial charge in [-0.25, -0.2) is 4.79 Å². The molecule has 1 aliphatic rings. The van der Waals surface area contributed by atoms with Crippen LogP contribution in [0.1, 0.15) is 25.3 Å². The number of aliphatic carboxylic acids is 1. The molecule has 0 radical (unpaired) electrons. The molecule has 4 nitrogen and oxygen atoms in total. The summed E-state index contributed by atoms with van der Waals surface area (Å²) in [6.45, 7) is 4.74. The lowest BCUT2D eigenvalue weighted by atomic mass is 10.1. The van der Waals surface area contributed by atoms with E-state index in [-0.39, 0.29) is 6.10 Å². The molecule has 2 rings (SSSR count). The van der Waals surface area contributed by atoms with E-state index in [2.05, 4.69) is 24.0 Å². The van der Waals surface area contributed by atoms with Crippen molar-refractivity contribution in [3.8, 4) is 0 Å². The number of ether oxygens (including phenoxy) is 1. The largest absolute Gasteiger partial charge is 0.479 e. The molecule has 1 N–H and O–H groups in total. The van der Waals surface area contributed by atoms with Crippen LogP contribution in [-0.2, 0) is 16.1 Å². The number of hydrogen-bond donors (Lipinski definition) is 1. The average Bonchev–Trinajstić information content (AvgIpc) is 2.88. The Kier molecular flexibility index (Phi) is 4.93. The van der Waals surface area contributed by atoms with Crippen LogP contribution in [0.15, 0.2) is 30.3 Å². The van der Waals surface area contributed by atoms with Crippen molar-refractivity contribution in [2.75, 3.05) is 13.1 Å². The number of carboxylic acid groups (broad SMARTS) is 1. The van der Waals surface area contributed by atoms with Crippen molar-refractivity contribution in [1.82, 2.24) is 4.90 Å². The van der Waals surface area contributed by atoms with Gasteiger partial charge in [0.1, 0.15) is 0 Å². The fourth-order valence-corrected chi connectivity index (χ4v) is 2.46. The van der Waals surface area contributed by atoms with Crippen molar-refractivity contribution in [1.29, 1.82) is 0 Å². The highest BCUT2D eigenvalue weighted by atomic mass is 16.5. The normalized spacial score (nSPS) is 22.8. The van der Waals surface area contributed by atoms with Gasteiger partial charge in [-0.05, 0) is 24.9 Å². The van der Waals surface area contributed by atoms with Crippen LogP contribution in [0.2, 0.25) is 0 Å². The number of likely N-dealkylation sites (N-methyl/N-ethyl adjacent to an activating group) is 1. The predicted molar refractivity (Wildman–Crippen MR) is 72.9 cm³/mol. The molecular weight excluding hydrogens is 242 g/mol. The second kappa shape index (κ2) is 6.68. The topological polar surface area (TPSA) is 49.8 Å². The lowest BCUT2D eigenvalue weighted by molar-refractivity contribution is -0.149. The lowest BCUT2D eigenvalue weighted by Crippen LogP contribution is -2.33. The van der Waals surface area contributed by atoms with E-state index in [4.69, 9.17) is 9.84 Å². The summed E-state index contributed by atoms with van der Waals surface area (Å²) >= 11 is 0. The maximum Gasteiger partial charge on any atom is 0.332 e. The lowest BCUT2D eigenvalue weighted by Gasteiger charge is -2.24. The van der Waals surface area contributed by atoms with E-state index < -0.39 is 12.1 Å². The van der Waals surface area contributed by atoms with Gasteiger partial charge in [-0.2, -0.15) is 0 Å². The van der Waals surface area contributed by atoms with Crippen molar-refractivity contribution >= 4 is 5.97 Å². The molecule has 2 atom stereocenters. The molecule has 0 amide bonds. The third kappa shape index (κ3) is 4.04. The first-order valence-corrected chi connectivity index (χ1v) is 6.83. The van der Waals surface area contributed by atoms with Gasteiger partial charge in [-0.15, -0.1) is 0 Å². The molecular formula is C15H21NO3. The molecule has 4 heteroatoms. The zero-order valence-corrected chi connectivity index (χ0v) is 11.3. The molecule has 1 fully saturated rings. The van der Waals surface area contributed by atoms with Crippen LogP contribution in [0.5, 0.6) is 0 Å². The summed E-state index contributed by atoms with van der Waals surface area (Å²) in [5, 5.41) is 8.92. The van der Waals surface area contributed by atoms with Gasteiger partial charge in [-0.1, -0.05) is 37.3 Å². The minimum Gasteiger partial charge on any atom is -0.479 e. The molecule has 1 saturated heterocycles. The molecule has 19 heavy (non-hydrogen) atoms. The SMILES string of the molecule is CCN(Cc1ccccc1)CC1CCC(C(=O)O)O1. The van der Waals surface area contributed by atoms with Gasteiger partial charge in [0.25, 0.3) is 0 Å². The number of nitrogens with zero attached hydrogens (tertiary/aromatic N) is 1. The Hall–Kier alpha value is -1.39. The first-order valence-electron chi connectivity index (χ1n) is 6.83. The standard InChI is InChI=1S/C15H21NO3/c1-2-16(10-12-6-4-3-5-7-12)11-13-8-9-14(19-13)15(17)18/h3-7,13-14H,2,8-11H2,1H3,(H,17,18).